The number of carbonyl (C=O) groups is 1. The van der Waals surface area contributed by atoms with E-state index in [9.17, 15) is 18.0 Å². The van der Waals surface area contributed by atoms with Gasteiger partial charge in [0.15, 0.2) is 6.61 Å². The zero-order valence-electron chi connectivity index (χ0n) is 8.25. The molecule has 0 aromatic carbocycles. The molecular weight excluding hydrogens is 243 g/mol. The number of halogens is 3. The number of nitrogens with zero attached hydrogens (tertiary/aromatic N) is 1. The van der Waals surface area contributed by atoms with Crippen LogP contribution >= 0.6 is 11.3 Å². The lowest BCUT2D eigenvalue weighted by Gasteiger charge is -2.04. The fourth-order valence-corrected chi connectivity index (χ4v) is 1.39. The number of esters is 1. The Labute approximate surface area is 93.6 Å². The van der Waals surface area contributed by atoms with Gasteiger partial charge in [-0.2, -0.15) is 13.2 Å². The molecule has 0 saturated heterocycles. The van der Waals surface area contributed by atoms with Gasteiger partial charge in [-0.3, -0.25) is 0 Å². The maximum atomic E-state index is 11.7. The van der Waals surface area contributed by atoms with E-state index >= 15 is 0 Å². The summed E-state index contributed by atoms with van der Waals surface area (Å²) >= 11 is 1.38. The zero-order valence-corrected chi connectivity index (χ0v) is 9.06. The summed E-state index contributed by atoms with van der Waals surface area (Å²) in [5.74, 6) is -1.04. The highest BCUT2D eigenvalue weighted by Gasteiger charge is 2.29. The van der Waals surface area contributed by atoms with E-state index in [1.165, 1.54) is 17.4 Å². The SMILES string of the molecule is Cc1nc(/C=C/C(=O)OCC(F)(F)F)cs1. The predicted molar refractivity (Wildman–Crippen MR) is 52.9 cm³/mol. The van der Waals surface area contributed by atoms with Gasteiger partial charge in [0.2, 0.25) is 0 Å². The third-order valence-electron chi connectivity index (χ3n) is 1.41. The molecule has 1 aromatic heterocycles. The van der Waals surface area contributed by atoms with Crippen molar-refractivity contribution in [1.29, 1.82) is 0 Å². The standard InChI is InChI=1S/C9H8F3NO2S/c1-6-13-7(4-16-6)2-3-8(14)15-5-9(10,11)12/h2-4H,5H2,1H3/b3-2+. The maximum Gasteiger partial charge on any atom is 0.422 e. The molecule has 0 bridgehead atoms. The number of aromatic nitrogens is 1. The molecule has 0 radical (unpaired) electrons. The summed E-state index contributed by atoms with van der Waals surface area (Å²) < 4.78 is 39.0. The summed E-state index contributed by atoms with van der Waals surface area (Å²) in [7, 11) is 0. The van der Waals surface area contributed by atoms with Crippen molar-refractivity contribution in [2.75, 3.05) is 6.61 Å². The van der Waals surface area contributed by atoms with Crippen molar-refractivity contribution in [3.05, 3.63) is 22.2 Å². The molecule has 0 fully saturated rings. The van der Waals surface area contributed by atoms with Crippen molar-refractivity contribution in [2.24, 2.45) is 0 Å². The number of rotatable bonds is 3. The first-order chi connectivity index (χ1) is 7.37. The third kappa shape index (κ3) is 4.92. The van der Waals surface area contributed by atoms with Crippen LogP contribution in [0.25, 0.3) is 6.08 Å². The summed E-state index contributed by atoms with van der Waals surface area (Å²) in [6, 6.07) is 0. The highest BCUT2D eigenvalue weighted by atomic mass is 32.1. The average molecular weight is 251 g/mol. The molecule has 3 nitrogen and oxygen atoms in total. The van der Waals surface area contributed by atoms with Crippen molar-refractivity contribution in [3.8, 4) is 0 Å². The van der Waals surface area contributed by atoms with Gasteiger partial charge in [0.25, 0.3) is 0 Å². The molecule has 0 N–H and O–H groups in total. The van der Waals surface area contributed by atoms with Gasteiger partial charge in [-0.05, 0) is 13.0 Å². The summed E-state index contributed by atoms with van der Waals surface area (Å²) in [5.41, 5.74) is 0.520. The average Bonchev–Trinajstić information content (AvgIpc) is 2.57. The topological polar surface area (TPSA) is 39.2 Å². The first kappa shape index (κ1) is 12.7. The Morgan fingerprint density at radius 3 is 2.81 bits per heavy atom. The molecule has 0 atom stereocenters. The van der Waals surface area contributed by atoms with Crippen molar-refractivity contribution >= 4 is 23.4 Å². The van der Waals surface area contributed by atoms with Gasteiger partial charge >= 0.3 is 12.1 Å². The predicted octanol–water partition coefficient (Wildman–Crippen LogP) is 2.57. The molecule has 0 spiro atoms. The molecule has 0 amide bonds. The lowest BCUT2D eigenvalue weighted by molar-refractivity contribution is -0.182. The molecule has 0 aliphatic carbocycles. The fraction of sp³-hybridized carbons (Fsp3) is 0.333. The van der Waals surface area contributed by atoms with Crippen LogP contribution in [0.2, 0.25) is 0 Å². The van der Waals surface area contributed by atoms with E-state index in [1.807, 2.05) is 0 Å². The van der Waals surface area contributed by atoms with Crippen molar-refractivity contribution < 1.29 is 22.7 Å². The van der Waals surface area contributed by atoms with Gasteiger partial charge in [-0.1, -0.05) is 0 Å². The van der Waals surface area contributed by atoms with Crippen LogP contribution in [0.3, 0.4) is 0 Å². The van der Waals surface area contributed by atoms with E-state index in [1.54, 1.807) is 12.3 Å². The van der Waals surface area contributed by atoms with Gasteiger partial charge in [0.05, 0.1) is 10.7 Å². The summed E-state index contributed by atoms with van der Waals surface area (Å²) in [4.78, 5) is 14.8. The molecule has 0 saturated carbocycles. The number of carbonyl (C=O) groups excluding carboxylic acids is 1. The van der Waals surface area contributed by atoms with Gasteiger partial charge in [0, 0.05) is 11.5 Å². The van der Waals surface area contributed by atoms with Crippen LogP contribution in [-0.2, 0) is 9.53 Å². The molecule has 1 rings (SSSR count). The van der Waals surface area contributed by atoms with E-state index in [-0.39, 0.29) is 0 Å². The quantitative estimate of drug-likeness (QED) is 0.612. The monoisotopic (exact) mass is 251 g/mol. The van der Waals surface area contributed by atoms with Gasteiger partial charge in [0.1, 0.15) is 0 Å². The number of aryl methyl sites for hydroxylation is 1. The van der Waals surface area contributed by atoms with Crippen LogP contribution in [0.4, 0.5) is 13.2 Å². The lowest BCUT2D eigenvalue weighted by Crippen LogP contribution is -2.19. The Morgan fingerprint density at radius 1 is 1.62 bits per heavy atom. The minimum absolute atomic E-state index is 0.520. The largest absolute Gasteiger partial charge is 0.453 e. The van der Waals surface area contributed by atoms with E-state index in [4.69, 9.17) is 0 Å². The minimum atomic E-state index is -4.50. The molecule has 16 heavy (non-hydrogen) atoms. The van der Waals surface area contributed by atoms with Crippen LogP contribution in [0.5, 0.6) is 0 Å². The summed E-state index contributed by atoms with van der Waals surface area (Å²) in [6.45, 7) is 0.205. The zero-order chi connectivity index (χ0) is 12.2. The summed E-state index contributed by atoms with van der Waals surface area (Å²) in [5, 5.41) is 2.49. The molecule has 1 aromatic rings. The van der Waals surface area contributed by atoms with Crippen molar-refractivity contribution in [1.82, 2.24) is 4.98 Å². The maximum absolute atomic E-state index is 11.7. The normalized spacial score (nSPS) is 12.0. The van der Waals surface area contributed by atoms with Crippen LogP contribution in [0.1, 0.15) is 10.7 Å². The first-order valence-electron chi connectivity index (χ1n) is 4.20. The highest BCUT2D eigenvalue weighted by Crippen LogP contribution is 2.14. The Bertz CT molecular complexity index is 398. The van der Waals surface area contributed by atoms with Crippen molar-refractivity contribution in [2.45, 2.75) is 13.1 Å². The highest BCUT2D eigenvalue weighted by molar-refractivity contribution is 7.09. The number of hydrogen-bond donors (Lipinski definition) is 0. The second-order valence-corrected chi connectivity index (χ2v) is 3.91. The number of alkyl halides is 3. The first-order valence-corrected chi connectivity index (χ1v) is 5.08. The molecule has 0 unspecified atom stereocenters. The van der Waals surface area contributed by atoms with Gasteiger partial charge in [-0.25, -0.2) is 9.78 Å². The number of ether oxygens (including phenoxy) is 1. The van der Waals surface area contributed by atoms with Gasteiger partial charge in [-0.15, -0.1) is 11.3 Å². The van der Waals surface area contributed by atoms with Crippen LogP contribution in [0.15, 0.2) is 11.5 Å². The Hall–Kier alpha value is -1.37. The number of thiazole rings is 1. The Balaban J connectivity index is 2.43. The Kier molecular flexibility index (Phi) is 4.05. The molecule has 1 heterocycles. The second-order valence-electron chi connectivity index (χ2n) is 2.85. The Morgan fingerprint density at radius 2 is 2.31 bits per heavy atom. The van der Waals surface area contributed by atoms with Crippen molar-refractivity contribution in [3.63, 3.8) is 0 Å². The van der Waals surface area contributed by atoms with Crippen LogP contribution in [0, 0.1) is 6.92 Å². The summed E-state index contributed by atoms with van der Waals surface area (Å²) in [6.07, 6.45) is -2.27. The second kappa shape index (κ2) is 5.11. The van der Waals surface area contributed by atoms with Crippen LogP contribution < -0.4 is 0 Å². The fourth-order valence-electron chi connectivity index (χ4n) is 0.811. The minimum Gasteiger partial charge on any atom is -0.453 e. The van der Waals surface area contributed by atoms with E-state index in [2.05, 4.69) is 9.72 Å². The molecule has 7 heteroatoms. The van der Waals surface area contributed by atoms with Gasteiger partial charge < -0.3 is 4.74 Å². The van der Waals surface area contributed by atoms with E-state index in [0.29, 0.717) is 5.69 Å². The molecule has 0 aliphatic rings. The molecule has 88 valence electrons. The van der Waals surface area contributed by atoms with E-state index in [0.717, 1.165) is 11.1 Å². The smallest absolute Gasteiger partial charge is 0.422 e. The molecule has 0 aliphatic heterocycles. The third-order valence-corrected chi connectivity index (χ3v) is 2.20. The number of hydrogen-bond acceptors (Lipinski definition) is 4. The van der Waals surface area contributed by atoms with Crippen LogP contribution in [-0.4, -0.2) is 23.7 Å². The van der Waals surface area contributed by atoms with E-state index < -0.39 is 18.8 Å². The molecular formula is C9H8F3NO2S. The lowest BCUT2D eigenvalue weighted by atomic mass is 10.4.